The summed E-state index contributed by atoms with van der Waals surface area (Å²) in [6.45, 7) is -0.0246. The average Bonchev–Trinajstić information content (AvgIpc) is 3.51. The number of hydrogen-bond acceptors (Lipinski definition) is 6. The summed E-state index contributed by atoms with van der Waals surface area (Å²) in [5.41, 5.74) is 3.09. The van der Waals surface area contributed by atoms with Crippen LogP contribution in [0, 0.1) is 11.8 Å². The number of likely N-dealkylation sites (N-methyl/N-ethyl adjacent to an activating group) is 1. The van der Waals surface area contributed by atoms with Crippen molar-refractivity contribution in [1.29, 1.82) is 0 Å². The van der Waals surface area contributed by atoms with E-state index in [1.807, 2.05) is 48.0 Å². The second-order valence-corrected chi connectivity index (χ2v) is 8.32. The molecule has 1 aliphatic rings. The van der Waals surface area contributed by atoms with Crippen molar-refractivity contribution in [2.45, 2.75) is 12.5 Å². The molecule has 180 valence electrons. The van der Waals surface area contributed by atoms with E-state index in [0.717, 1.165) is 11.3 Å². The minimum Gasteiger partial charge on any atom is -0.489 e. The number of amides is 2. The molecule has 3 heterocycles. The van der Waals surface area contributed by atoms with Crippen LogP contribution in [0.4, 0.5) is 5.69 Å². The van der Waals surface area contributed by atoms with E-state index in [4.69, 9.17) is 4.74 Å². The van der Waals surface area contributed by atoms with Crippen LogP contribution in [0.3, 0.4) is 0 Å². The number of anilines is 1. The highest BCUT2D eigenvalue weighted by Gasteiger charge is 2.31. The van der Waals surface area contributed by atoms with Crippen LogP contribution in [-0.2, 0) is 18.3 Å². The molecule has 0 aliphatic carbocycles. The Hall–Kier alpha value is -4.91. The zero-order chi connectivity index (χ0) is 25.1. The third kappa shape index (κ3) is 4.81. The fourth-order valence-electron chi connectivity index (χ4n) is 3.78. The van der Waals surface area contributed by atoms with E-state index in [2.05, 4.69) is 37.3 Å². The standard InChI is InChI=1S/C26H23N7O3/c1-32-16-27-14-19(32)10-8-18-9-11-22-21(12-18)33(2)26(35)20(15-36-22)28-25(34)24-29-23(30-31-24)13-17-6-4-3-5-7-17/h3-7,9,11-12,14,16,20H,13,15H2,1-2H3,(H,28,34)(H,29,30,31)/t20-/m0/s1. The average molecular weight is 482 g/mol. The van der Waals surface area contributed by atoms with Gasteiger partial charge in [-0.3, -0.25) is 14.7 Å². The number of rotatable bonds is 4. The maximum Gasteiger partial charge on any atom is 0.291 e. The molecule has 0 radical (unpaired) electrons. The molecule has 1 atom stereocenters. The molecule has 0 fully saturated rings. The van der Waals surface area contributed by atoms with Crippen LogP contribution in [0.2, 0.25) is 0 Å². The van der Waals surface area contributed by atoms with E-state index >= 15 is 0 Å². The maximum atomic E-state index is 13.2. The maximum absolute atomic E-state index is 13.2. The van der Waals surface area contributed by atoms with Gasteiger partial charge in [0.05, 0.1) is 18.2 Å². The van der Waals surface area contributed by atoms with Gasteiger partial charge in [-0.2, -0.15) is 0 Å². The van der Waals surface area contributed by atoms with Gasteiger partial charge in [0, 0.05) is 26.1 Å². The smallest absolute Gasteiger partial charge is 0.291 e. The highest BCUT2D eigenvalue weighted by atomic mass is 16.5. The molecule has 5 rings (SSSR count). The van der Waals surface area contributed by atoms with Crippen LogP contribution < -0.4 is 15.0 Å². The van der Waals surface area contributed by atoms with Gasteiger partial charge in [-0.05, 0) is 29.7 Å². The molecule has 2 N–H and O–H groups in total. The van der Waals surface area contributed by atoms with Crippen molar-refractivity contribution in [2.24, 2.45) is 7.05 Å². The van der Waals surface area contributed by atoms with E-state index in [9.17, 15) is 9.59 Å². The van der Waals surface area contributed by atoms with Crippen LogP contribution in [-0.4, -0.2) is 56.2 Å². The van der Waals surface area contributed by atoms with Gasteiger partial charge < -0.3 is 19.5 Å². The Morgan fingerprint density at radius 2 is 2.03 bits per heavy atom. The summed E-state index contributed by atoms with van der Waals surface area (Å²) in [5.74, 6) is 6.31. The van der Waals surface area contributed by atoms with Gasteiger partial charge in [0.1, 0.15) is 29.9 Å². The van der Waals surface area contributed by atoms with Crippen molar-refractivity contribution in [2.75, 3.05) is 18.6 Å². The van der Waals surface area contributed by atoms with Crippen molar-refractivity contribution >= 4 is 17.5 Å². The summed E-state index contributed by atoms with van der Waals surface area (Å²) < 4.78 is 7.68. The zero-order valence-electron chi connectivity index (χ0n) is 19.7. The van der Waals surface area contributed by atoms with Gasteiger partial charge in [0.25, 0.3) is 11.8 Å². The summed E-state index contributed by atoms with van der Waals surface area (Å²) in [6, 6.07) is 14.2. The molecule has 10 heteroatoms. The lowest BCUT2D eigenvalue weighted by atomic mass is 10.1. The fraction of sp³-hybridized carbons (Fsp3) is 0.192. The predicted octanol–water partition coefficient (Wildman–Crippen LogP) is 1.68. The molecule has 2 aromatic heterocycles. The minimum atomic E-state index is -0.907. The van der Waals surface area contributed by atoms with E-state index in [0.29, 0.717) is 29.2 Å². The molecule has 0 saturated heterocycles. The Kier molecular flexibility index (Phi) is 6.19. The number of fused-ring (bicyclic) bond motifs is 1. The Labute approximate surface area is 207 Å². The Morgan fingerprint density at radius 1 is 1.19 bits per heavy atom. The fourth-order valence-corrected chi connectivity index (χ4v) is 3.78. The van der Waals surface area contributed by atoms with Crippen LogP contribution in [0.5, 0.6) is 5.75 Å². The van der Waals surface area contributed by atoms with Gasteiger partial charge in [0.15, 0.2) is 0 Å². The first-order valence-electron chi connectivity index (χ1n) is 11.3. The summed E-state index contributed by atoms with van der Waals surface area (Å²) in [6.07, 6.45) is 3.87. The molecular weight excluding hydrogens is 458 g/mol. The third-order valence-corrected chi connectivity index (χ3v) is 5.76. The van der Waals surface area contributed by atoms with E-state index in [1.165, 1.54) is 4.90 Å². The normalized spacial score (nSPS) is 14.8. The molecule has 4 aromatic rings. The number of aromatic amines is 1. The number of benzene rings is 2. The van der Waals surface area contributed by atoms with Crippen molar-refractivity contribution in [3.05, 3.63) is 89.5 Å². The third-order valence-electron chi connectivity index (χ3n) is 5.76. The molecular formula is C26H23N7O3. The lowest BCUT2D eigenvalue weighted by Gasteiger charge is -2.20. The first-order valence-corrected chi connectivity index (χ1v) is 11.3. The summed E-state index contributed by atoms with van der Waals surface area (Å²) >= 11 is 0. The van der Waals surface area contributed by atoms with Crippen LogP contribution in [0.15, 0.2) is 61.1 Å². The minimum absolute atomic E-state index is 0.0246. The summed E-state index contributed by atoms with van der Waals surface area (Å²) in [7, 11) is 3.50. The van der Waals surface area contributed by atoms with E-state index < -0.39 is 11.9 Å². The first-order chi connectivity index (χ1) is 17.5. The molecule has 1 aliphatic heterocycles. The van der Waals surface area contributed by atoms with Crippen LogP contribution >= 0.6 is 0 Å². The second kappa shape index (κ2) is 9.76. The topological polar surface area (TPSA) is 118 Å². The van der Waals surface area contributed by atoms with Gasteiger partial charge in [0.2, 0.25) is 5.82 Å². The summed E-state index contributed by atoms with van der Waals surface area (Å²) in [4.78, 5) is 35.7. The van der Waals surface area contributed by atoms with Gasteiger partial charge in [-0.15, -0.1) is 5.10 Å². The van der Waals surface area contributed by atoms with Gasteiger partial charge in [-0.1, -0.05) is 36.3 Å². The number of hydrogen-bond donors (Lipinski definition) is 2. The molecule has 2 amide bonds. The zero-order valence-corrected chi connectivity index (χ0v) is 19.7. The van der Waals surface area contributed by atoms with Gasteiger partial charge >= 0.3 is 0 Å². The Bertz CT molecular complexity index is 1480. The number of carbonyl (C=O) groups excluding carboxylic acids is 2. The number of H-pyrrole nitrogens is 1. The Balaban J connectivity index is 1.28. The molecule has 36 heavy (non-hydrogen) atoms. The highest BCUT2D eigenvalue weighted by Crippen LogP contribution is 2.31. The summed E-state index contributed by atoms with van der Waals surface area (Å²) in [5, 5.41) is 9.49. The van der Waals surface area contributed by atoms with Crippen molar-refractivity contribution in [1.82, 2.24) is 30.0 Å². The number of nitrogens with zero attached hydrogens (tertiary/aromatic N) is 5. The van der Waals surface area contributed by atoms with Gasteiger partial charge in [-0.25, -0.2) is 9.97 Å². The number of ether oxygens (including phenoxy) is 1. The number of nitrogens with one attached hydrogen (secondary N) is 2. The largest absolute Gasteiger partial charge is 0.489 e. The van der Waals surface area contributed by atoms with E-state index in [1.54, 1.807) is 31.7 Å². The molecule has 10 nitrogen and oxygen atoms in total. The number of carbonyl (C=O) groups is 2. The number of aryl methyl sites for hydroxylation is 1. The molecule has 0 spiro atoms. The molecule has 0 unspecified atom stereocenters. The predicted molar refractivity (Wildman–Crippen MR) is 131 cm³/mol. The molecule has 2 aromatic carbocycles. The number of aromatic nitrogens is 5. The quantitative estimate of drug-likeness (QED) is 0.428. The first kappa shape index (κ1) is 22.9. The monoisotopic (exact) mass is 481 g/mol. The van der Waals surface area contributed by atoms with Crippen LogP contribution in [0.1, 0.15) is 33.3 Å². The van der Waals surface area contributed by atoms with E-state index in [-0.39, 0.29) is 18.3 Å². The van der Waals surface area contributed by atoms with Crippen molar-refractivity contribution in [3.8, 4) is 17.6 Å². The highest BCUT2D eigenvalue weighted by molar-refractivity contribution is 6.02. The Morgan fingerprint density at radius 3 is 2.81 bits per heavy atom. The SMILES string of the molecule is CN1C(=O)[C@@H](NC(=O)c2n[nH]c(Cc3ccccc3)n2)COc2ccc(C#Cc3cncn3C)cc21. The van der Waals surface area contributed by atoms with Crippen molar-refractivity contribution in [3.63, 3.8) is 0 Å². The van der Waals surface area contributed by atoms with Crippen molar-refractivity contribution < 1.29 is 14.3 Å². The molecule has 0 saturated carbocycles. The second-order valence-electron chi connectivity index (χ2n) is 8.32. The lowest BCUT2D eigenvalue weighted by Crippen LogP contribution is -2.49. The molecule has 0 bridgehead atoms. The lowest BCUT2D eigenvalue weighted by molar-refractivity contribution is -0.120. The number of imidazole rings is 1. The van der Waals surface area contributed by atoms with Crippen LogP contribution in [0.25, 0.3) is 0 Å².